The molecule has 412 valence electrons. The maximum Gasteiger partial charge on any atom is 0.224 e. The normalized spacial score (nSPS) is 16.3. The van der Waals surface area contributed by atoms with E-state index in [9.17, 15) is 90.7 Å². The summed E-state index contributed by atoms with van der Waals surface area (Å²) in [5.74, 6) is -8.13. The zero-order valence-corrected chi connectivity index (χ0v) is 41.3. The molecule has 0 saturated heterocycles. The van der Waals surface area contributed by atoms with Crippen LogP contribution in [0.5, 0.6) is 0 Å². The minimum absolute atomic E-state index is 0.0853. The van der Waals surface area contributed by atoms with Crippen molar-refractivity contribution in [1.29, 1.82) is 0 Å². The van der Waals surface area contributed by atoms with E-state index in [1.807, 2.05) is 10.6 Å². The molecule has 0 heterocycles. The molecule has 25 nitrogen and oxygen atoms in total. The van der Waals surface area contributed by atoms with Crippen molar-refractivity contribution in [2.45, 2.75) is 193 Å². The molecular weight excluding hydrogens is 945 g/mol. The molecule has 0 radical (unpaired) electrons. The molecule has 71 heavy (non-hydrogen) atoms. The molecule has 0 aromatic heterocycles. The summed E-state index contributed by atoms with van der Waals surface area (Å²) in [7, 11) is 0. The van der Waals surface area contributed by atoms with Crippen LogP contribution < -0.4 is 21.3 Å². The largest absolute Gasteiger partial charge is 0.508 e. The van der Waals surface area contributed by atoms with Crippen molar-refractivity contribution in [2.24, 2.45) is 0 Å². The van der Waals surface area contributed by atoms with Crippen LogP contribution in [0.25, 0.3) is 0 Å². The number of aliphatic hydroxyl groups excluding tert-OH is 13. The molecule has 0 bridgehead atoms. The maximum absolute atomic E-state index is 13.1. The zero-order chi connectivity index (χ0) is 54.1. The highest BCUT2D eigenvalue weighted by molar-refractivity contribution is 5.78. The zero-order valence-electron chi connectivity index (χ0n) is 41.3. The van der Waals surface area contributed by atoms with Gasteiger partial charge in [-0.1, -0.05) is 84.0 Å². The number of rotatable bonds is 40. The van der Waals surface area contributed by atoms with Crippen LogP contribution in [0.4, 0.5) is 0 Å². The third-order valence-corrected chi connectivity index (χ3v) is 10.5. The molecule has 4 amide bonds. The molecule has 0 fully saturated rings. The predicted molar refractivity (Wildman–Crippen MR) is 252 cm³/mol. The molecule has 7 unspecified atom stereocenters. The van der Waals surface area contributed by atoms with Crippen LogP contribution in [0.1, 0.15) is 143 Å². The Hall–Kier alpha value is -4.48. The quantitative estimate of drug-likeness (QED) is 0.0224. The van der Waals surface area contributed by atoms with Gasteiger partial charge in [-0.25, -0.2) is 0 Å². The maximum atomic E-state index is 13.1. The Bertz CT molecular complexity index is 1710. The number of carbonyl (C=O) groups excluding carboxylic acids is 4. The Labute approximate surface area is 414 Å². The van der Waals surface area contributed by atoms with Gasteiger partial charge >= 0.3 is 0 Å². The minimum atomic E-state index is -2.58. The topological polar surface area (TPSA) is 427 Å². The first-order valence-corrected chi connectivity index (χ1v) is 23.9. The molecule has 0 saturated carbocycles. The number of amides is 4. The van der Waals surface area contributed by atoms with Gasteiger partial charge in [0, 0.05) is 79.3 Å². The number of hydrogen-bond donors (Lipinski definition) is 18. The van der Waals surface area contributed by atoms with Gasteiger partial charge in [-0.3, -0.25) is 19.2 Å². The highest BCUT2D eigenvalue weighted by Gasteiger charge is 2.35. The van der Waals surface area contributed by atoms with Crippen LogP contribution >= 0.6 is 0 Å². The Morgan fingerprint density at radius 2 is 0.704 bits per heavy atom. The average molecular weight is 1030 g/mol. The van der Waals surface area contributed by atoms with E-state index < -0.39 is 171 Å². The highest BCUT2D eigenvalue weighted by atomic mass is 16.6. The molecule has 7 atom stereocenters. The SMILES string of the molecule is CCCCCCCCCCCCCCCC(=O)N/C(=C(\O)C(O)CCO)C(O)OC(CCO)/C(O)=C(/NC(C)=O)C(O)OC(CCO)/C(O)=C(\NC(C)=O)C(O)OC(CCO)/C(O)=C(/NC(C)=O)C(O)O. The summed E-state index contributed by atoms with van der Waals surface area (Å²) >= 11 is 0. The second kappa shape index (κ2) is 38.2. The fourth-order valence-electron chi connectivity index (χ4n) is 6.89. The second-order valence-corrected chi connectivity index (χ2v) is 16.6. The lowest BCUT2D eigenvalue weighted by Crippen LogP contribution is -2.41. The lowest BCUT2D eigenvalue weighted by Gasteiger charge is -2.29. The van der Waals surface area contributed by atoms with Crippen molar-refractivity contribution in [2.75, 3.05) is 26.4 Å². The molecule has 0 aliphatic carbocycles. The van der Waals surface area contributed by atoms with Crippen molar-refractivity contribution in [3.63, 3.8) is 0 Å². The van der Waals surface area contributed by atoms with Crippen molar-refractivity contribution in [3.8, 4) is 0 Å². The molecule has 0 spiro atoms. The fourth-order valence-corrected chi connectivity index (χ4v) is 6.89. The molecule has 0 aromatic carbocycles. The van der Waals surface area contributed by atoms with E-state index in [1.165, 1.54) is 44.9 Å². The summed E-state index contributed by atoms with van der Waals surface area (Å²) in [5, 5.41) is 155. The summed E-state index contributed by atoms with van der Waals surface area (Å²) in [6.07, 6.45) is -6.54. The van der Waals surface area contributed by atoms with E-state index in [-0.39, 0.29) is 6.42 Å². The van der Waals surface area contributed by atoms with E-state index in [4.69, 9.17) is 14.2 Å². The van der Waals surface area contributed by atoms with Crippen LogP contribution in [-0.4, -0.2) is 171 Å². The van der Waals surface area contributed by atoms with Crippen molar-refractivity contribution in [1.82, 2.24) is 21.3 Å². The smallest absolute Gasteiger partial charge is 0.224 e. The second-order valence-electron chi connectivity index (χ2n) is 16.6. The van der Waals surface area contributed by atoms with Crippen LogP contribution in [-0.2, 0) is 33.4 Å². The third-order valence-electron chi connectivity index (χ3n) is 10.5. The lowest BCUT2D eigenvalue weighted by molar-refractivity contribution is -0.142. The fraction of sp³-hybridized carbons (Fsp3) is 0.739. The first-order chi connectivity index (χ1) is 33.6. The van der Waals surface area contributed by atoms with Crippen molar-refractivity contribution >= 4 is 23.6 Å². The van der Waals surface area contributed by atoms with E-state index in [1.54, 1.807) is 0 Å². The number of ether oxygens (including phenoxy) is 3. The van der Waals surface area contributed by atoms with Gasteiger partial charge in [0.1, 0.15) is 70.2 Å². The third kappa shape index (κ3) is 27.2. The first kappa shape index (κ1) is 66.5. The highest BCUT2D eigenvalue weighted by Crippen LogP contribution is 2.25. The summed E-state index contributed by atoms with van der Waals surface area (Å²) in [4.78, 5) is 49.3. The van der Waals surface area contributed by atoms with Gasteiger partial charge in [0.05, 0.1) is 0 Å². The van der Waals surface area contributed by atoms with Crippen molar-refractivity contribution < 1.29 is 105 Å². The van der Waals surface area contributed by atoms with Crippen LogP contribution in [0.3, 0.4) is 0 Å². The predicted octanol–water partition coefficient (Wildman–Crippen LogP) is 0.383. The van der Waals surface area contributed by atoms with Gasteiger partial charge in [0.2, 0.25) is 42.5 Å². The number of carbonyl (C=O) groups is 4. The van der Waals surface area contributed by atoms with Gasteiger partial charge in [-0.2, -0.15) is 0 Å². The van der Waals surface area contributed by atoms with Crippen LogP contribution in [0.15, 0.2) is 45.8 Å². The molecule has 25 heteroatoms. The van der Waals surface area contributed by atoms with E-state index in [0.29, 0.717) is 12.8 Å². The molecule has 18 N–H and O–H groups in total. The number of aliphatic hydroxyl groups is 14. The Kier molecular flexibility index (Phi) is 35.8. The number of hydrogen-bond acceptors (Lipinski definition) is 21. The molecular formula is C46H82N4O21. The monoisotopic (exact) mass is 1030 g/mol. The number of unbranched alkanes of at least 4 members (excludes halogenated alkanes) is 12. The number of nitrogens with one attached hydrogen (secondary N) is 4. The first-order valence-electron chi connectivity index (χ1n) is 23.9. The molecule has 0 aromatic rings. The summed E-state index contributed by atoms with van der Waals surface area (Å²) < 4.78 is 16.3. The summed E-state index contributed by atoms with van der Waals surface area (Å²) in [6.45, 7) is 1.83. The van der Waals surface area contributed by atoms with Gasteiger partial charge in [-0.05, 0) is 6.42 Å². The Morgan fingerprint density at radius 1 is 0.408 bits per heavy atom. The van der Waals surface area contributed by atoms with E-state index in [2.05, 4.69) is 17.6 Å². The van der Waals surface area contributed by atoms with Gasteiger partial charge in [0.15, 0.2) is 6.29 Å². The van der Waals surface area contributed by atoms with Crippen LogP contribution in [0, 0.1) is 0 Å². The van der Waals surface area contributed by atoms with Gasteiger partial charge in [0.25, 0.3) is 0 Å². The average Bonchev–Trinajstić information content (AvgIpc) is 3.30. The Balaban J connectivity index is 6.71. The minimum Gasteiger partial charge on any atom is -0.508 e. The van der Waals surface area contributed by atoms with E-state index in [0.717, 1.165) is 46.5 Å². The summed E-state index contributed by atoms with van der Waals surface area (Å²) in [5.41, 5.74) is -3.71. The summed E-state index contributed by atoms with van der Waals surface area (Å²) in [6, 6.07) is 0. The van der Waals surface area contributed by atoms with E-state index >= 15 is 0 Å². The molecule has 0 aliphatic rings. The van der Waals surface area contributed by atoms with Crippen molar-refractivity contribution in [3.05, 3.63) is 45.8 Å². The van der Waals surface area contributed by atoms with Crippen LogP contribution in [0.2, 0.25) is 0 Å². The Morgan fingerprint density at radius 3 is 1.01 bits per heavy atom. The lowest BCUT2D eigenvalue weighted by atomic mass is 10.0. The van der Waals surface area contributed by atoms with Gasteiger partial charge in [-0.15, -0.1) is 0 Å². The molecule has 0 rings (SSSR count). The van der Waals surface area contributed by atoms with Gasteiger partial charge < -0.3 is 107 Å². The molecule has 0 aliphatic heterocycles. The standard InChI is InChI=1S/C46H82N4O21/c1-5-6-7-8-9-10-11-12-13-14-15-16-17-18-34(59)50-36(39(60)30(58)19-23-51)44(66)70-32(21-25-53)41(62)38(49-29(4)57)46(68)71-33(22-26-54)42(63)37(48-28(3)56)45(67)69-31(20-24-52)40(61)35(43(64)65)47-27(2)55/h30-33,43-46,51-54,58,60-68H,5-26H2,1-4H3,(H,47,55)(H,48,56)(H,49,57)(H,50,59)/b39-36-,40-35-,41-38-,42-37+.